The summed E-state index contributed by atoms with van der Waals surface area (Å²) in [6.45, 7) is 3.99. The highest BCUT2D eigenvalue weighted by atomic mass is 35.5. The minimum absolute atomic E-state index is 0.115. The Bertz CT molecular complexity index is 1170. The predicted molar refractivity (Wildman–Crippen MR) is 111 cm³/mol. The van der Waals surface area contributed by atoms with E-state index in [0.717, 1.165) is 23.6 Å². The second-order valence-electron chi connectivity index (χ2n) is 6.58. The summed E-state index contributed by atoms with van der Waals surface area (Å²) >= 11 is 6.26. The first-order chi connectivity index (χ1) is 13.6. The summed E-state index contributed by atoms with van der Waals surface area (Å²) in [7, 11) is 0. The van der Waals surface area contributed by atoms with Crippen LogP contribution in [0.1, 0.15) is 18.5 Å². The van der Waals surface area contributed by atoms with Gasteiger partial charge in [0.15, 0.2) is 0 Å². The molecule has 0 bridgehead atoms. The first-order valence-corrected chi connectivity index (χ1v) is 9.55. The highest BCUT2D eigenvalue weighted by Gasteiger charge is 2.13. The lowest BCUT2D eigenvalue weighted by Gasteiger charge is -2.18. The summed E-state index contributed by atoms with van der Waals surface area (Å²) in [5.41, 5.74) is 1.46. The van der Waals surface area contributed by atoms with Crippen LogP contribution in [0.15, 0.2) is 69.9 Å². The quantitative estimate of drug-likeness (QED) is 0.508. The number of nitrogens with one attached hydrogen (secondary N) is 1. The van der Waals surface area contributed by atoms with Crippen LogP contribution in [0.2, 0.25) is 5.02 Å². The van der Waals surface area contributed by atoms with Gasteiger partial charge >= 0.3 is 0 Å². The molecule has 0 amide bonds. The minimum Gasteiger partial charge on any atom is -0.460 e. The van der Waals surface area contributed by atoms with E-state index in [0.29, 0.717) is 34.8 Å². The minimum atomic E-state index is -0.115. The fourth-order valence-corrected chi connectivity index (χ4v) is 3.42. The Hall–Kier alpha value is -2.89. The van der Waals surface area contributed by atoms with E-state index >= 15 is 0 Å². The summed E-state index contributed by atoms with van der Waals surface area (Å²) in [6, 6.07) is 18.9. The van der Waals surface area contributed by atoms with Crippen LogP contribution in [0.5, 0.6) is 0 Å². The Morgan fingerprint density at radius 1 is 1.04 bits per heavy atom. The van der Waals surface area contributed by atoms with Crippen LogP contribution in [0.4, 0.5) is 0 Å². The maximum Gasteiger partial charge on any atom is 0.258 e. The van der Waals surface area contributed by atoms with E-state index < -0.39 is 0 Å². The smallest absolute Gasteiger partial charge is 0.258 e. The van der Waals surface area contributed by atoms with Gasteiger partial charge in [0.25, 0.3) is 5.56 Å². The van der Waals surface area contributed by atoms with Crippen LogP contribution in [-0.4, -0.2) is 21.4 Å². The monoisotopic (exact) mass is 393 g/mol. The van der Waals surface area contributed by atoms with E-state index in [4.69, 9.17) is 16.0 Å². The zero-order valence-corrected chi connectivity index (χ0v) is 16.2. The summed E-state index contributed by atoms with van der Waals surface area (Å²) in [5.74, 6) is 2.22. The average Bonchev–Trinajstić information content (AvgIpc) is 3.16. The molecule has 2 aromatic heterocycles. The van der Waals surface area contributed by atoms with Gasteiger partial charge in [0.1, 0.15) is 17.3 Å². The zero-order chi connectivity index (χ0) is 19.5. The van der Waals surface area contributed by atoms with Gasteiger partial charge in [0, 0.05) is 5.56 Å². The van der Waals surface area contributed by atoms with Gasteiger partial charge in [-0.05, 0) is 42.9 Å². The molecule has 4 rings (SSSR count). The van der Waals surface area contributed by atoms with Gasteiger partial charge < -0.3 is 9.40 Å². The molecule has 28 heavy (non-hydrogen) atoms. The van der Waals surface area contributed by atoms with Gasteiger partial charge in [-0.1, -0.05) is 42.8 Å². The molecule has 0 radical (unpaired) electrons. The Balaban J connectivity index is 1.53. The van der Waals surface area contributed by atoms with Gasteiger partial charge in [-0.15, -0.1) is 0 Å². The first-order valence-electron chi connectivity index (χ1n) is 9.18. The van der Waals surface area contributed by atoms with E-state index in [2.05, 4.69) is 21.8 Å². The van der Waals surface area contributed by atoms with Crippen molar-refractivity contribution in [2.24, 2.45) is 0 Å². The van der Waals surface area contributed by atoms with Crippen molar-refractivity contribution in [3.8, 4) is 11.3 Å². The number of hydrogen-bond acceptors (Lipinski definition) is 4. The number of halogens is 1. The Morgan fingerprint density at radius 3 is 2.64 bits per heavy atom. The topological polar surface area (TPSA) is 62.1 Å². The molecule has 2 aromatic carbocycles. The van der Waals surface area contributed by atoms with Gasteiger partial charge in [-0.3, -0.25) is 9.69 Å². The van der Waals surface area contributed by atoms with Gasteiger partial charge in [0.05, 0.1) is 29.0 Å². The molecule has 6 heteroatoms. The maximum atomic E-state index is 12.3. The third-order valence-corrected chi connectivity index (χ3v) is 4.99. The summed E-state index contributed by atoms with van der Waals surface area (Å²) in [4.78, 5) is 21.9. The number of nitrogens with zero attached hydrogens (tertiary/aromatic N) is 2. The second-order valence-corrected chi connectivity index (χ2v) is 6.99. The summed E-state index contributed by atoms with van der Waals surface area (Å²) < 4.78 is 6.00. The zero-order valence-electron chi connectivity index (χ0n) is 15.5. The van der Waals surface area contributed by atoms with E-state index in [9.17, 15) is 4.79 Å². The number of aromatic nitrogens is 2. The predicted octanol–water partition coefficient (Wildman–Crippen LogP) is 4.86. The molecular formula is C22H20ClN3O2. The van der Waals surface area contributed by atoms with Crippen molar-refractivity contribution >= 4 is 22.5 Å². The van der Waals surface area contributed by atoms with Crippen molar-refractivity contribution in [1.29, 1.82) is 0 Å². The van der Waals surface area contributed by atoms with Crippen LogP contribution < -0.4 is 5.56 Å². The maximum absolute atomic E-state index is 12.3. The SMILES string of the molecule is CCN(Cc1nc2ccccc2c(=O)[nH]1)Cc1ccc(-c2ccccc2Cl)o1. The van der Waals surface area contributed by atoms with Crippen molar-refractivity contribution < 1.29 is 4.42 Å². The van der Waals surface area contributed by atoms with E-state index in [1.807, 2.05) is 54.6 Å². The highest BCUT2D eigenvalue weighted by Crippen LogP contribution is 2.29. The molecule has 2 heterocycles. The van der Waals surface area contributed by atoms with Gasteiger partial charge in [-0.25, -0.2) is 4.98 Å². The third kappa shape index (κ3) is 3.86. The fourth-order valence-electron chi connectivity index (χ4n) is 3.19. The Labute approximate surface area is 167 Å². The number of benzene rings is 2. The molecule has 4 aromatic rings. The number of rotatable bonds is 6. The van der Waals surface area contributed by atoms with Crippen molar-refractivity contribution in [3.05, 3.63) is 87.6 Å². The normalized spacial score (nSPS) is 11.4. The molecule has 1 N–H and O–H groups in total. The Kier molecular flexibility index (Phi) is 5.28. The van der Waals surface area contributed by atoms with Crippen LogP contribution in [-0.2, 0) is 13.1 Å². The molecule has 0 atom stereocenters. The van der Waals surface area contributed by atoms with Gasteiger partial charge in [0.2, 0.25) is 0 Å². The molecule has 0 aliphatic rings. The fraction of sp³-hybridized carbons (Fsp3) is 0.182. The largest absolute Gasteiger partial charge is 0.460 e. The Morgan fingerprint density at radius 2 is 1.82 bits per heavy atom. The number of hydrogen-bond donors (Lipinski definition) is 1. The standard InChI is InChI=1S/C22H20ClN3O2/c1-2-26(14-21-24-19-10-6-4-8-17(19)22(27)25-21)13-15-11-12-20(28-15)16-7-3-5-9-18(16)23/h3-12H,2,13-14H2,1H3,(H,24,25,27). The molecule has 0 spiro atoms. The average molecular weight is 394 g/mol. The molecule has 0 aliphatic heterocycles. The number of para-hydroxylation sites is 1. The van der Waals surface area contributed by atoms with E-state index in [1.54, 1.807) is 6.07 Å². The van der Waals surface area contributed by atoms with Crippen molar-refractivity contribution in [3.63, 3.8) is 0 Å². The third-order valence-electron chi connectivity index (χ3n) is 4.66. The number of furan rings is 1. The summed E-state index contributed by atoms with van der Waals surface area (Å²) in [5, 5.41) is 1.26. The molecule has 0 unspecified atom stereocenters. The number of fused-ring (bicyclic) bond motifs is 1. The van der Waals surface area contributed by atoms with Gasteiger partial charge in [-0.2, -0.15) is 0 Å². The lowest BCUT2D eigenvalue weighted by molar-refractivity contribution is 0.243. The molecular weight excluding hydrogens is 374 g/mol. The number of aromatic amines is 1. The van der Waals surface area contributed by atoms with E-state index in [1.165, 1.54) is 0 Å². The molecule has 0 aliphatic carbocycles. The molecule has 0 fully saturated rings. The van der Waals surface area contributed by atoms with Crippen molar-refractivity contribution in [1.82, 2.24) is 14.9 Å². The summed E-state index contributed by atoms with van der Waals surface area (Å²) in [6.07, 6.45) is 0. The van der Waals surface area contributed by atoms with Crippen LogP contribution in [0.3, 0.4) is 0 Å². The molecule has 0 saturated carbocycles. The van der Waals surface area contributed by atoms with Crippen LogP contribution in [0, 0.1) is 0 Å². The number of H-pyrrole nitrogens is 1. The molecule has 142 valence electrons. The highest BCUT2D eigenvalue weighted by molar-refractivity contribution is 6.33. The van der Waals surface area contributed by atoms with Crippen LogP contribution in [0.25, 0.3) is 22.2 Å². The van der Waals surface area contributed by atoms with E-state index in [-0.39, 0.29) is 5.56 Å². The van der Waals surface area contributed by atoms with Crippen molar-refractivity contribution in [2.75, 3.05) is 6.54 Å². The lowest BCUT2D eigenvalue weighted by Crippen LogP contribution is -2.25. The second kappa shape index (κ2) is 8.00. The molecule has 0 saturated heterocycles. The molecule has 5 nitrogen and oxygen atoms in total. The lowest BCUT2D eigenvalue weighted by atomic mass is 10.2. The van der Waals surface area contributed by atoms with Crippen LogP contribution >= 0.6 is 11.6 Å². The van der Waals surface area contributed by atoms with Crippen molar-refractivity contribution in [2.45, 2.75) is 20.0 Å². The first kappa shape index (κ1) is 18.5.